The molecule has 7 heteroatoms. The molecule has 7 N–H and O–H groups in total. The van der Waals surface area contributed by atoms with Crippen molar-refractivity contribution < 1.29 is 26.3 Å². The van der Waals surface area contributed by atoms with Crippen LogP contribution in [0.4, 0.5) is 0 Å². The number of rotatable bonds is 2. The van der Waals surface area contributed by atoms with Crippen molar-refractivity contribution in [2.24, 2.45) is 0 Å². The monoisotopic (exact) mass is 224 g/mol. The van der Waals surface area contributed by atoms with E-state index in [4.69, 9.17) is 15.3 Å². The SMILES string of the molecule is C.CP.O.O.OC(O)C(O)CP. The highest BCUT2D eigenvalue weighted by atomic mass is 31.0. The molecule has 0 bridgehead atoms. The van der Waals surface area contributed by atoms with E-state index in [-0.39, 0.29) is 24.5 Å². The first kappa shape index (κ1) is 29.3. The summed E-state index contributed by atoms with van der Waals surface area (Å²) < 4.78 is 0. The fourth-order valence-corrected chi connectivity index (χ4v) is 0.365. The first-order chi connectivity index (χ1) is 4.18. The largest absolute Gasteiger partial charge is 0.412 e. The van der Waals surface area contributed by atoms with Crippen LogP contribution in [0.25, 0.3) is 0 Å². The molecule has 0 spiro atoms. The zero-order valence-electron chi connectivity index (χ0n) is 6.36. The van der Waals surface area contributed by atoms with Gasteiger partial charge in [-0.25, -0.2) is 0 Å². The van der Waals surface area contributed by atoms with E-state index in [1.165, 1.54) is 0 Å². The highest BCUT2D eigenvalue weighted by Crippen LogP contribution is 1.92. The molecule has 5 nitrogen and oxygen atoms in total. The second-order valence-corrected chi connectivity index (χ2v) is 1.69. The maximum absolute atomic E-state index is 8.41. The van der Waals surface area contributed by atoms with Crippen molar-refractivity contribution >= 4 is 18.5 Å². The third-order valence-electron chi connectivity index (χ3n) is 0.586. The van der Waals surface area contributed by atoms with Gasteiger partial charge < -0.3 is 26.3 Å². The van der Waals surface area contributed by atoms with Gasteiger partial charge in [0.25, 0.3) is 0 Å². The Kier molecular flexibility index (Phi) is 55.2. The van der Waals surface area contributed by atoms with Crippen LogP contribution in [-0.4, -0.2) is 51.5 Å². The Balaban J connectivity index is -0.0000000303. The highest BCUT2D eigenvalue weighted by molar-refractivity contribution is 7.16. The Labute approximate surface area is 78.2 Å². The summed E-state index contributed by atoms with van der Waals surface area (Å²) in [6.45, 7) is 1.92. The average Bonchev–Trinajstić information content (AvgIpc) is 1.91. The lowest BCUT2D eigenvalue weighted by Crippen LogP contribution is -2.26. The van der Waals surface area contributed by atoms with Gasteiger partial charge in [-0.3, -0.25) is 0 Å². The quantitative estimate of drug-likeness (QED) is 0.371. The van der Waals surface area contributed by atoms with Gasteiger partial charge in [0.15, 0.2) is 6.29 Å². The fraction of sp³-hybridized carbons (Fsp3) is 1.00. The van der Waals surface area contributed by atoms with E-state index >= 15 is 0 Å². The summed E-state index contributed by atoms with van der Waals surface area (Å²) in [5.41, 5.74) is 0. The minimum Gasteiger partial charge on any atom is -0.412 e. The van der Waals surface area contributed by atoms with Gasteiger partial charge in [0.1, 0.15) is 6.10 Å². The molecule has 0 aromatic carbocycles. The summed E-state index contributed by atoms with van der Waals surface area (Å²) in [6, 6.07) is 0. The van der Waals surface area contributed by atoms with Crippen molar-refractivity contribution in [3.8, 4) is 0 Å². The van der Waals surface area contributed by atoms with E-state index in [0.29, 0.717) is 0 Å². The van der Waals surface area contributed by atoms with Crippen LogP contribution in [0.1, 0.15) is 7.43 Å². The van der Waals surface area contributed by atoms with E-state index in [1.54, 1.807) is 0 Å². The van der Waals surface area contributed by atoms with Crippen molar-refractivity contribution in [2.45, 2.75) is 19.8 Å². The summed E-state index contributed by atoms with van der Waals surface area (Å²) in [4.78, 5) is 0. The van der Waals surface area contributed by atoms with E-state index in [2.05, 4.69) is 18.5 Å². The van der Waals surface area contributed by atoms with Crippen LogP contribution < -0.4 is 0 Å². The normalized spacial score (nSPS) is 9.25. The molecule has 0 aliphatic rings. The molecule has 12 heavy (non-hydrogen) atoms. The van der Waals surface area contributed by atoms with Gasteiger partial charge in [0, 0.05) is 0 Å². The predicted octanol–water partition coefficient (Wildman–Crippen LogP) is -1.99. The van der Waals surface area contributed by atoms with Crippen LogP contribution >= 0.6 is 18.5 Å². The molecular formula is C5H22O5P2. The number of aliphatic hydroxyl groups is 3. The first-order valence-corrected chi connectivity index (χ1v) is 4.47. The van der Waals surface area contributed by atoms with Crippen LogP contribution in [0, 0.1) is 0 Å². The summed E-state index contributed by atoms with van der Waals surface area (Å²) in [7, 11) is 4.61. The molecule has 82 valence electrons. The van der Waals surface area contributed by atoms with E-state index < -0.39 is 12.4 Å². The van der Waals surface area contributed by atoms with E-state index in [0.717, 1.165) is 0 Å². The first-order valence-electron chi connectivity index (χ1n) is 2.50. The van der Waals surface area contributed by atoms with Crippen LogP contribution in [0.3, 0.4) is 0 Å². The third-order valence-corrected chi connectivity index (χ3v) is 1.07. The molecule has 0 aromatic heterocycles. The predicted molar refractivity (Wildman–Crippen MR) is 58.4 cm³/mol. The summed E-state index contributed by atoms with van der Waals surface area (Å²) in [6.07, 6.45) is -2.33. The maximum atomic E-state index is 8.41. The zero-order valence-corrected chi connectivity index (χ0v) is 8.67. The number of hydrogen-bond donors (Lipinski definition) is 3. The molecule has 0 heterocycles. The molecular weight excluding hydrogens is 202 g/mol. The van der Waals surface area contributed by atoms with Crippen LogP contribution in [0.5, 0.6) is 0 Å². The Morgan fingerprint density at radius 1 is 1.08 bits per heavy atom. The average molecular weight is 224 g/mol. The van der Waals surface area contributed by atoms with Gasteiger partial charge in [-0.05, 0) is 6.16 Å². The standard InChI is InChI=1S/C3H9O3P.CH5P.CH4.2H2O/c4-2(1-7)3(5)6;1-2;;;/h2-6H,1,7H2;2H2,1H3;1H4;2*1H2. The van der Waals surface area contributed by atoms with Crippen molar-refractivity contribution in [1.29, 1.82) is 0 Å². The summed E-state index contributed by atoms with van der Waals surface area (Å²) in [5.74, 6) is 0. The van der Waals surface area contributed by atoms with E-state index in [9.17, 15) is 0 Å². The van der Waals surface area contributed by atoms with Crippen LogP contribution in [0.15, 0.2) is 0 Å². The third kappa shape index (κ3) is 22.4. The van der Waals surface area contributed by atoms with Gasteiger partial charge in [-0.15, -0.1) is 18.5 Å². The van der Waals surface area contributed by atoms with Crippen molar-refractivity contribution in [2.75, 3.05) is 12.8 Å². The lowest BCUT2D eigenvalue weighted by molar-refractivity contribution is -0.112. The van der Waals surface area contributed by atoms with Crippen molar-refractivity contribution in [3.05, 3.63) is 0 Å². The number of aliphatic hydroxyl groups excluding tert-OH is 2. The van der Waals surface area contributed by atoms with E-state index in [1.807, 2.05) is 6.66 Å². The van der Waals surface area contributed by atoms with Gasteiger partial charge in [-0.1, -0.05) is 14.1 Å². The Hall–Kier alpha value is 0.660. The molecule has 3 unspecified atom stereocenters. The Morgan fingerprint density at radius 2 is 1.33 bits per heavy atom. The highest BCUT2D eigenvalue weighted by Gasteiger charge is 2.07. The van der Waals surface area contributed by atoms with Crippen LogP contribution in [-0.2, 0) is 0 Å². The smallest absolute Gasteiger partial charge is 0.178 e. The molecule has 0 amide bonds. The summed E-state index contributed by atoms with van der Waals surface area (Å²) >= 11 is 0. The Morgan fingerprint density at radius 3 is 1.33 bits per heavy atom. The van der Waals surface area contributed by atoms with Crippen molar-refractivity contribution in [3.63, 3.8) is 0 Å². The molecule has 0 saturated heterocycles. The maximum Gasteiger partial charge on any atom is 0.178 e. The fourth-order valence-electron chi connectivity index (χ4n) is 0.122. The molecule has 0 aliphatic heterocycles. The molecule has 0 rings (SSSR count). The molecule has 0 aliphatic carbocycles. The lowest BCUT2D eigenvalue weighted by Gasteiger charge is -2.07. The summed E-state index contributed by atoms with van der Waals surface area (Å²) in [5, 5.41) is 24.6. The second kappa shape index (κ2) is 22.6. The molecule has 3 atom stereocenters. The molecule has 0 aromatic rings. The van der Waals surface area contributed by atoms with Crippen molar-refractivity contribution in [1.82, 2.24) is 0 Å². The van der Waals surface area contributed by atoms with Crippen LogP contribution in [0.2, 0.25) is 0 Å². The topological polar surface area (TPSA) is 124 Å². The number of hydrogen-bond acceptors (Lipinski definition) is 3. The van der Waals surface area contributed by atoms with Gasteiger partial charge >= 0.3 is 0 Å². The zero-order chi connectivity index (χ0) is 7.86. The minimum absolute atomic E-state index is 0. The second-order valence-electron chi connectivity index (χ2n) is 1.22. The van der Waals surface area contributed by atoms with Gasteiger partial charge in [0.05, 0.1) is 0 Å². The molecule has 0 radical (unpaired) electrons. The van der Waals surface area contributed by atoms with Gasteiger partial charge in [0.2, 0.25) is 0 Å². The van der Waals surface area contributed by atoms with Gasteiger partial charge in [-0.2, -0.15) is 0 Å². The Bertz CT molecular complexity index is 55.1. The molecule has 0 saturated carbocycles. The minimum atomic E-state index is -1.60. The molecule has 0 fully saturated rings. The lowest BCUT2D eigenvalue weighted by atomic mass is 10.4.